The average Bonchev–Trinajstić information content (AvgIpc) is 2.96. The average molecular weight is 247 g/mol. The predicted molar refractivity (Wildman–Crippen MR) is 64.8 cm³/mol. The Morgan fingerprint density at radius 2 is 2.53 bits per heavy atom. The molecule has 86 valence electrons. The van der Waals surface area contributed by atoms with Crippen LogP contribution in [0.4, 0.5) is 5.95 Å². The third-order valence-corrected chi connectivity index (χ3v) is 2.82. The zero-order chi connectivity index (χ0) is 12.1. The van der Waals surface area contributed by atoms with Gasteiger partial charge in [0.2, 0.25) is 5.95 Å². The fraction of sp³-hybridized carbons (Fsp3) is 0.0909. The molecule has 6 heteroatoms. The lowest BCUT2D eigenvalue weighted by Crippen LogP contribution is -2.12. The van der Waals surface area contributed by atoms with Crippen LogP contribution in [0.2, 0.25) is 0 Å². The number of aliphatic hydroxyl groups excluding tert-OH is 1. The Bertz CT molecular complexity index is 563. The first kappa shape index (κ1) is 11.4. The summed E-state index contributed by atoms with van der Waals surface area (Å²) in [6.07, 6.45) is 3.17. The number of aromatic amines is 1. The van der Waals surface area contributed by atoms with E-state index in [9.17, 15) is 4.79 Å². The second-order valence-corrected chi connectivity index (χ2v) is 3.93. The van der Waals surface area contributed by atoms with Gasteiger partial charge in [-0.3, -0.25) is 10.1 Å². The van der Waals surface area contributed by atoms with Crippen molar-refractivity contribution in [1.82, 2.24) is 9.97 Å². The summed E-state index contributed by atoms with van der Waals surface area (Å²) in [6, 6.07) is 1.74. The van der Waals surface area contributed by atoms with E-state index in [0.717, 1.165) is 0 Å². The van der Waals surface area contributed by atoms with Crippen molar-refractivity contribution in [2.45, 2.75) is 0 Å². The number of imidazole rings is 1. The van der Waals surface area contributed by atoms with Crippen LogP contribution in [0, 0.1) is 11.8 Å². The van der Waals surface area contributed by atoms with E-state index in [2.05, 4.69) is 27.1 Å². The van der Waals surface area contributed by atoms with Crippen LogP contribution in [0.15, 0.2) is 23.8 Å². The van der Waals surface area contributed by atoms with E-state index in [4.69, 9.17) is 5.11 Å². The summed E-state index contributed by atoms with van der Waals surface area (Å²) in [5.74, 6) is 5.36. The van der Waals surface area contributed by atoms with Crippen LogP contribution in [0.3, 0.4) is 0 Å². The lowest BCUT2D eigenvalue weighted by atomic mass is 10.2. The minimum Gasteiger partial charge on any atom is -0.384 e. The Labute approximate surface area is 102 Å². The molecule has 0 aromatic carbocycles. The number of nitrogens with one attached hydrogen (secondary N) is 2. The molecule has 2 aromatic heterocycles. The summed E-state index contributed by atoms with van der Waals surface area (Å²) in [5.41, 5.74) is 0.605. The molecule has 5 nitrogen and oxygen atoms in total. The van der Waals surface area contributed by atoms with Crippen LogP contribution in [0.1, 0.15) is 15.2 Å². The van der Waals surface area contributed by atoms with Gasteiger partial charge in [0.15, 0.2) is 0 Å². The van der Waals surface area contributed by atoms with Crippen LogP contribution in [0.25, 0.3) is 0 Å². The van der Waals surface area contributed by atoms with E-state index in [0.29, 0.717) is 16.4 Å². The van der Waals surface area contributed by atoms with E-state index in [-0.39, 0.29) is 12.5 Å². The minimum absolute atomic E-state index is 0.227. The Morgan fingerprint density at radius 1 is 1.65 bits per heavy atom. The van der Waals surface area contributed by atoms with Gasteiger partial charge in [-0.1, -0.05) is 11.8 Å². The second kappa shape index (κ2) is 5.30. The number of carbonyl (C=O) groups excluding carboxylic acids is 1. The van der Waals surface area contributed by atoms with Gasteiger partial charge < -0.3 is 10.1 Å². The number of amides is 1. The van der Waals surface area contributed by atoms with Crippen molar-refractivity contribution >= 4 is 23.2 Å². The molecular formula is C11H9N3O2S. The summed E-state index contributed by atoms with van der Waals surface area (Å²) < 4.78 is 0. The van der Waals surface area contributed by atoms with E-state index < -0.39 is 0 Å². The summed E-state index contributed by atoms with van der Waals surface area (Å²) in [6.45, 7) is -0.227. The standard InChI is InChI=1S/C11H9N3O2S/c15-6-1-2-8-3-7-17-9(8)10(16)14-11-12-4-5-13-11/h3-5,7,15H,6H2,(H2,12,13,14,16). The third kappa shape index (κ3) is 2.72. The molecular weight excluding hydrogens is 238 g/mol. The SMILES string of the molecule is O=C(Nc1ncc[nH]1)c1sccc1C#CCO. The van der Waals surface area contributed by atoms with Crippen LogP contribution in [-0.2, 0) is 0 Å². The molecule has 0 aliphatic carbocycles. The molecule has 0 saturated heterocycles. The van der Waals surface area contributed by atoms with Crippen molar-refractivity contribution in [3.8, 4) is 11.8 Å². The summed E-state index contributed by atoms with van der Waals surface area (Å²) in [5, 5.41) is 13.0. The molecule has 1 amide bonds. The fourth-order valence-electron chi connectivity index (χ4n) is 1.22. The number of aromatic nitrogens is 2. The maximum atomic E-state index is 11.9. The van der Waals surface area contributed by atoms with Crippen molar-refractivity contribution in [2.75, 3.05) is 11.9 Å². The highest BCUT2D eigenvalue weighted by Gasteiger charge is 2.12. The first-order valence-electron chi connectivity index (χ1n) is 4.79. The van der Waals surface area contributed by atoms with E-state index >= 15 is 0 Å². The fourth-order valence-corrected chi connectivity index (χ4v) is 1.96. The lowest BCUT2D eigenvalue weighted by Gasteiger charge is -1.99. The third-order valence-electron chi connectivity index (χ3n) is 1.90. The quantitative estimate of drug-likeness (QED) is 0.694. The van der Waals surface area contributed by atoms with Crippen molar-refractivity contribution in [3.63, 3.8) is 0 Å². The van der Waals surface area contributed by atoms with Gasteiger partial charge in [0.05, 0.1) is 0 Å². The van der Waals surface area contributed by atoms with Crippen LogP contribution in [0.5, 0.6) is 0 Å². The molecule has 2 aromatic rings. The molecule has 0 saturated carbocycles. The summed E-state index contributed by atoms with van der Waals surface area (Å²) in [7, 11) is 0. The van der Waals surface area contributed by atoms with Gasteiger partial charge in [0.1, 0.15) is 11.5 Å². The number of aliphatic hydroxyl groups is 1. The molecule has 2 heterocycles. The molecule has 0 aliphatic rings. The van der Waals surface area contributed by atoms with Gasteiger partial charge in [-0.05, 0) is 11.4 Å². The largest absolute Gasteiger partial charge is 0.384 e. The highest BCUT2D eigenvalue weighted by Crippen LogP contribution is 2.16. The Hall–Kier alpha value is -2.10. The minimum atomic E-state index is -0.266. The normalized spacial score (nSPS) is 9.47. The maximum Gasteiger partial charge on any atom is 0.269 e. The monoisotopic (exact) mass is 247 g/mol. The summed E-state index contributed by atoms with van der Waals surface area (Å²) in [4.78, 5) is 19.0. The van der Waals surface area contributed by atoms with Gasteiger partial charge in [-0.25, -0.2) is 4.98 Å². The molecule has 0 radical (unpaired) electrons. The summed E-state index contributed by atoms with van der Waals surface area (Å²) >= 11 is 1.29. The molecule has 0 bridgehead atoms. The number of hydrogen-bond donors (Lipinski definition) is 3. The molecule has 3 N–H and O–H groups in total. The number of rotatable bonds is 2. The highest BCUT2D eigenvalue weighted by molar-refractivity contribution is 7.12. The number of anilines is 1. The lowest BCUT2D eigenvalue weighted by molar-refractivity contribution is 0.102. The molecule has 2 rings (SSSR count). The highest BCUT2D eigenvalue weighted by atomic mass is 32.1. The number of nitrogens with zero attached hydrogens (tertiary/aromatic N) is 1. The molecule has 0 fully saturated rings. The Kier molecular flexibility index (Phi) is 3.55. The van der Waals surface area contributed by atoms with Gasteiger partial charge in [0.25, 0.3) is 5.91 Å². The predicted octanol–water partition coefficient (Wildman–Crippen LogP) is 1.07. The molecule has 0 atom stereocenters. The van der Waals surface area contributed by atoms with Crippen molar-refractivity contribution < 1.29 is 9.90 Å². The number of H-pyrrole nitrogens is 1. The number of hydrogen-bond acceptors (Lipinski definition) is 4. The van der Waals surface area contributed by atoms with Gasteiger partial charge >= 0.3 is 0 Å². The Balaban J connectivity index is 2.17. The molecule has 0 spiro atoms. The van der Waals surface area contributed by atoms with Crippen molar-refractivity contribution in [1.29, 1.82) is 0 Å². The smallest absolute Gasteiger partial charge is 0.269 e. The molecule has 0 aliphatic heterocycles. The topological polar surface area (TPSA) is 78.0 Å². The van der Waals surface area contributed by atoms with E-state index in [1.54, 1.807) is 23.8 Å². The van der Waals surface area contributed by atoms with Crippen LogP contribution < -0.4 is 5.32 Å². The van der Waals surface area contributed by atoms with Gasteiger partial charge in [-0.15, -0.1) is 11.3 Å². The Morgan fingerprint density at radius 3 is 3.24 bits per heavy atom. The van der Waals surface area contributed by atoms with Crippen molar-refractivity contribution in [3.05, 3.63) is 34.3 Å². The van der Waals surface area contributed by atoms with E-state index in [1.165, 1.54) is 11.3 Å². The van der Waals surface area contributed by atoms with Gasteiger partial charge in [-0.2, -0.15) is 0 Å². The van der Waals surface area contributed by atoms with E-state index in [1.807, 2.05) is 0 Å². The maximum absolute atomic E-state index is 11.9. The first-order valence-corrected chi connectivity index (χ1v) is 5.67. The van der Waals surface area contributed by atoms with Crippen molar-refractivity contribution in [2.24, 2.45) is 0 Å². The van der Waals surface area contributed by atoms with Crippen LogP contribution >= 0.6 is 11.3 Å². The number of carbonyl (C=O) groups is 1. The zero-order valence-electron chi connectivity index (χ0n) is 8.73. The van der Waals surface area contributed by atoms with Gasteiger partial charge in [0, 0.05) is 18.0 Å². The number of thiophene rings is 1. The molecule has 17 heavy (non-hydrogen) atoms. The first-order chi connectivity index (χ1) is 8.31. The zero-order valence-corrected chi connectivity index (χ0v) is 9.54. The molecule has 0 unspecified atom stereocenters. The second-order valence-electron chi connectivity index (χ2n) is 3.02. The van der Waals surface area contributed by atoms with Crippen LogP contribution in [-0.4, -0.2) is 27.6 Å².